The molecule has 0 saturated heterocycles. The standard InChI is InChI=1S/C29H33F2N3O5S2/c1-16(32-41(38)39)20-12-21(23(13-25(20)31)28(36)18-8-10-19(30)11-9-18)24-15-34(5)26(35)14-22(24)27(17-6-7-17)33-40(37)29(2,3)4/h8-17,27,33,41H,6-7H2,1-5H3,(H,32,38,39)/t16?,27-,40?/m0/s1. The highest BCUT2D eigenvalue weighted by molar-refractivity contribution is 7.90. The Morgan fingerprint density at radius 3 is 2.27 bits per heavy atom. The molecular formula is C29H33F2N3O5S2. The first-order valence-corrected chi connectivity index (χ1v) is 15.4. The van der Waals surface area contributed by atoms with Gasteiger partial charge in [0.25, 0.3) is 5.56 Å². The minimum Gasteiger partial charge on any atom is -0.598 e. The van der Waals surface area contributed by atoms with E-state index in [1.165, 1.54) is 35.8 Å². The molecule has 3 atom stereocenters. The smallest absolute Gasteiger partial charge is 0.250 e. The van der Waals surface area contributed by atoms with Gasteiger partial charge in [0.15, 0.2) is 5.78 Å². The van der Waals surface area contributed by atoms with Crippen molar-refractivity contribution in [3.05, 3.63) is 92.9 Å². The fourth-order valence-corrected chi connectivity index (χ4v) is 5.94. The van der Waals surface area contributed by atoms with E-state index in [0.29, 0.717) is 11.1 Å². The van der Waals surface area contributed by atoms with Crippen LogP contribution in [-0.4, -0.2) is 28.1 Å². The maximum atomic E-state index is 15.5. The quantitative estimate of drug-likeness (QED) is 0.181. The number of halogens is 2. The van der Waals surface area contributed by atoms with Gasteiger partial charge in [-0.25, -0.2) is 21.9 Å². The minimum absolute atomic E-state index is 0.0103. The lowest BCUT2D eigenvalue weighted by atomic mass is 9.87. The lowest BCUT2D eigenvalue weighted by Crippen LogP contribution is -2.42. The molecule has 1 fully saturated rings. The Balaban J connectivity index is 1.99. The number of carbonyl (C=O) groups excluding carboxylic acids is 1. The number of nitrogens with zero attached hydrogens (tertiary/aromatic N) is 1. The molecule has 8 nitrogen and oxygen atoms in total. The number of nitrogens with one attached hydrogen (secondary N) is 2. The summed E-state index contributed by atoms with van der Waals surface area (Å²) in [4.78, 5) is 26.6. The van der Waals surface area contributed by atoms with E-state index in [1.54, 1.807) is 13.2 Å². The van der Waals surface area contributed by atoms with Gasteiger partial charge in [-0.2, -0.15) is 0 Å². The molecule has 1 aliphatic rings. The number of aryl methyl sites for hydroxylation is 1. The fraction of sp³-hybridized carbons (Fsp3) is 0.379. The summed E-state index contributed by atoms with van der Waals surface area (Å²) >= 11 is -1.49. The highest BCUT2D eigenvalue weighted by atomic mass is 32.2. The third-order valence-electron chi connectivity index (χ3n) is 7.02. The Hall–Kier alpha value is -2.90. The Labute approximate surface area is 242 Å². The van der Waals surface area contributed by atoms with Crippen LogP contribution in [0.3, 0.4) is 0 Å². The Morgan fingerprint density at radius 2 is 1.71 bits per heavy atom. The summed E-state index contributed by atoms with van der Waals surface area (Å²) in [7, 11) is -1.51. The van der Waals surface area contributed by atoms with Gasteiger partial charge in [0, 0.05) is 59.0 Å². The van der Waals surface area contributed by atoms with E-state index in [2.05, 4.69) is 9.44 Å². The number of benzene rings is 2. The normalized spacial score (nSPS) is 16.0. The Bertz CT molecular complexity index is 1590. The SMILES string of the molecule is CC(N[SH](=O)=O)c1cc(-c2cn(C)c(=O)cc2[C@@H](N[S+]([O-])C(C)(C)C)C2CC2)c(C(=O)c2ccc(F)cc2)cc1F. The van der Waals surface area contributed by atoms with Crippen LogP contribution in [0.2, 0.25) is 0 Å². The molecule has 3 aromatic rings. The van der Waals surface area contributed by atoms with Crippen LogP contribution >= 0.6 is 0 Å². The van der Waals surface area contributed by atoms with Crippen molar-refractivity contribution in [2.75, 3.05) is 0 Å². The van der Waals surface area contributed by atoms with Gasteiger partial charge in [0.2, 0.25) is 10.9 Å². The monoisotopic (exact) mass is 605 g/mol. The largest absolute Gasteiger partial charge is 0.598 e. The van der Waals surface area contributed by atoms with Gasteiger partial charge in [-0.3, -0.25) is 9.59 Å². The number of carbonyl (C=O) groups is 1. The fourth-order valence-electron chi connectivity index (χ4n) is 4.58. The van der Waals surface area contributed by atoms with Gasteiger partial charge in [-0.05, 0) is 94.0 Å². The maximum Gasteiger partial charge on any atom is 0.250 e. The van der Waals surface area contributed by atoms with Crippen LogP contribution in [0.1, 0.15) is 79.7 Å². The second-order valence-electron chi connectivity index (χ2n) is 11.3. The molecule has 2 aromatic carbocycles. The third kappa shape index (κ3) is 7.12. The van der Waals surface area contributed by atoms with E-state index in [-0.39, 0.29) is 33.7 Å². The van der Waals surface area contributed by atoms with Crippen LogP contribution in [0.25, 0.3) is 11.1 Å². The van der Waals surface area contributed by atoms with Crippen LogP contribution < -0.4 is 15.0 Å². The first-order chi connectivity index (χ1) is 19.2. The molecule has 0 spiro atoms. The number of aromatic nitrogens is 1. The molecule has 1 heterocycles. The van der Waals surface area contributed by atoms with Crippen molar-refractivity contribution in [1.29, 1.82) is 0 Å². The van der Waals surface area contributed by atoms with Crippen molar-refractivity contribution in [1.82, 2.24) is 14.0 Å². The van der Waals surface area contributed by atoms with E-state index in [1.807, 2.05) is 20.8 Å². The van der Waals surface area contributed by atoms with Crippen LogP contribution in [0, 0.1) is 17.6 Å². The Morgan fingerprint density at radius 1 is 1.07 bits per heavy atom. The highest BCUT2D eigenvalue weighted by Gasteiger charge is 2.40. The van der Waals surface area contributed by atoms with Crippen LogP contribution in [0.5, 0.6) is 0 Å². The van der Waals surface area contributed by atoms with Gasteiger partial charge >= 0.3 is 0 Å². The molecule has 2 N–H and O–H groups in total. The van der Waals surface area contributed by atoms with Crippen molar-refractivity contribution in [3.8, 4) is 11.1 Å². The van der Waals surface area contributed by atoms with Gasteiger partial charge in [0.1, 0.15) is 16.4 Å². The third-order valence-corrected chi connectivity index (χ3v) is 9.20. The van der Waals surface area contributed by atoms with Crippen LogP contribution in [0.4, 0.5) is 8.78 Å². The predicted octanol–water partition coefficient (Wildman–Crippen LogP) is 4.24. The summed E-state index contributed by atoms with van der Waals surface area (Å²) in [6, 6.07) is 7.23. The van der Waals surface area contributed by atoms with Crippen molar-refractivity contribution in [2.24, 2.45) is 13.0 Å². The molecule has 1 aliphatic carbocycles. The average Bonchev–Trinajstić information content (AvgIpc) is 3.73. The topological polar surface area (TPSA) is 120 Å². The number of thiol groups is 1. The number of pyridine rings is 1. The summed E-state index contributed by atoms with van der Waals surface area (Å²) in [6.07, 6.45) is 3.21. The van der Waals surface area contributed by atoms with E-state index in [0.717, 1.165) is 31.0 Å². The average molecular weight is 606 g/mol. The first kappa shape index (κ1) is 31.0. The highest BCUT2D eigenvalue weighted by Crippen LogP contribution is 2.45. The molecular weight excluding hydrogens is 572 g/mol. The summed E-state index contributed by atoms with van der Waals surface area (Å²) < 4.78 is 71.2. The lowest BCUT2D eigenvalue weighted by Gasteiger charge is -2.29. The minimum atomic E-state index is -3.06. The van der Waals surface area contributed by atoms with E-state index in [9.17, 15) is 27.0 Å². The summed E-state index contributed by atoms with van der Waals surface area (Å²) in [6.45, 7) is 6.95. The van der Waals surface area contributed by atoms with E-state index < -0.39 is 56.5 Å². The molecule has 1 saturated carbocycles. The second-order valence-corrected chi connectivity index (χ2v) is 14.0. The van der Waals surface area contributed by atoms with E-state index in [4.69, 9.17) is 0 Å². The molecule has 0 aliphatic heterocycles. The van der Waals surface area contributed by atoms with Gasteiger partial charge in [0.05, 0.1) is 6.04 Å². The number of hydrogen-bond donors (Lipinski definition) is 3. The molecule has 1 aromatic heterocycles. The van der Waals surface area contributed by atoms with Crippen molar-refractivity contribution < 1.29 is 26.5 Å². The van der Waals surface area contributed by atoms with Crippen LogP contribution in [0.15, 0.2) is 53.5 Å². The summed E-state index contributed by atoms with van der Waals surface area (Å²) in [5, 5.41) is 0. The number of rotatable bonds is 10. The van der Waals surface area contributed by atoms with Crippen molar-refractivity contribution in [2.45, 2.75) is 57.4 Å². The molecule has 0 bridgehead atoms. The Kier molecular flexibility index (Phi) is 9.19. The summed E-state index contributed by atoms with van der Waals surface area (Å²) in [5.74, 6) is -1.86. The first-order valence-electron chi connectivity index (χ1n) is 13.1. The second kappa shape index (κ2) is 12.1. The number of hydrogen-bond acceptors (Lipinski definition) is 6. The van der Waals surface area contributed by atoms with Gasteiger partial charge in [-0.1, -0.05) is 0 Å². The zero-order valence-electron chi connectivity index (χ0n) is 23.4. The molecule has 4 rings (SSSR count). The predicted molar refractivity (Wildman–Crippen MR) is 155 cm³/mol. The van der Waals surface area contributed by atoms with Crippen molar-refractivity contribution >= 4 is 28.0 Å². The molecule has 220 valence electrons. The lowest BCUT2D eigenvalue weighted by molar-refractivity contribution is 0.103. The maximum absolute atomic E-state index is 15.5. The van der Waals surface area contributed by atoms with E-state index >= 15 is 4.39 Å². The zero-order valence-corrected chi connectivity index (χ0v) is 25.1. The molecule has 0 amide bonds. The number of ketones is 1. The summed E-state index contributed by atoms with van der Waals surface area (Å²) in [5.41, 5.74) is 0.898. The molecule has 12 heteroatoms. The van der Waals surface area contributed by atoms with Gasteiger partial charge < -0.3 is 9.12 Å². The molecule has 0 radical (unpaired) electrons. The molecule has 41 heavy (non-hydrogen) atoms. The van der Waals surface area contributed by atoms with Crippen molar-refractivity contribution in [3.63, 3.8) is 0 Å². The van der Waals surface area contributed by atoms with Gasteiger partial charge in [-0.15, -0.1) is 4.72 Å². The zero-order chi connectivity index (χ0) is 30.2. The molecule has 2 unspecified atom stereocenters. The van der Waals surface area contributed by atoms with Crippen LogP contribution in [-0.2, 0) is 29.3 Å².